The minimum atomic E-state index is -1.03. The maximum Gasteiger partial charge on any atom is 0.352 e. The highest BCUT2D eigenvalue weighted by Gasteiger charge is 2.13. The maximum atomic E-state index is 12.8. The molecule has 0 aliphatic heterocycles. The van der Waals surface area contributed by atoms with E-state index < -0.39 is 5.97 Å². The normalized spacial score (nSPS) is 10.7. The van der Waals surface area contributed by atoms with Gasteiger partial charge in [0.1, 0.15) is 11.5 Å². The van der Waals surface area contributed by atoms with E-state index in [9.17, 15) is 9.18 Å². The first-order chi connectivity index (χ1) is 6.59. The summed E-state index contributed by atoms with van der Waals surface area (Å²) in [7, 11) is 0. The van der Waals surface area contributed by atoms with Gasteiger partial charge in [-0.3, -0.25) is 0 Å². The number of aromatic amines is 1. The monoisotopic (exact) mass is 193 g/mol. The molecule has 0 bridgehead atoms. The third-order valence-electron chi connectivity index (χ3n) is 2.23. The second-order valence-corrected chi connectivity index (χ2v) is 3.12. The molecular formula is C10H8FNO2. The van der Waals surface area contributed by atoms with Gasteiger partial charge >= 0.3 is 5.97 Å². The summed E-state index contributed by atoms with van der Waals surface area (Å²) in [6.07, 6.45) is 0. The lowest BCUT2D eigenvalue weighted by molar-refractivity contribution is 0.0691. The first kappa shape index (κ1) is 8.74. The number of carboxylic acid groups (broad SMARTS) is 1. The van der Waals surface area contributed by atoms with Gasteiger partial charge in [-0.2, -0.15) is 0 Å². The molecular weight excluding hydrogens is 185 g/mol. The summed E-state index contributed by atoms with van der Waals surface area (Å²) in [5.74, 6) is -1.41. The zero-order valence-corrected chi connectivity index (χ0v) is 7.47. The van der Waals surface area contributed by atoms with E-state index in [-0.39, 0.29) is 11.5 Å². The van der Waals surface area contributed by atoms with Crippen LogP contribution in [0.5, 0.6) is 0 Å². The third-order valence-corrected chi connectivity index (χ3v) is 2.23. The molecule has 0 fully saturated rings. The van der Waals surface area contributed by atoms with Crippen LogP contribution in [0.1, 0.15) is 16.1 Å². The first-order valence-electron chi connectivity index (χ1n) is 4.10. The number of carboxylic acids is 1. The van der Waals surface area contributed by atoms with Crippen LogP contribution in [0.4, 0.5) is 4.39 Å². The van der Waals surface area contributed by atoms with Gasteiger partial charge in [0, 0.05) is 10.9 Å². The van der Waals surface area contributed by atoms with E-state index in [1.807, 2.05) is 0 Å². The van der Waals surface area contributed by atoms with Crippen molar-refractivity contribution in [2.45, 2.75) is 6.92 Å². The van der Waals surface area contributed by atoms with Crippen LogP contribution < -0.4 is 0 Å². The van der Waals surface area contributed by atoms with Crippen molar-refractivity contribution in [2.75, 3.05) is 0 Å². The van der Waals surface area contributed by atoms with Crippen molar-refractivity contribution in [1.82, 2.24) is 4.98 Å². The van der Waals surface area contributed by atoms with Crippen LogP contribution in [0.15, 0.2) is 18.2 Å². The highest BCUT2D eigenvalue weighted by atomic mass is 19.1. The zero-order chi connectivity index (χ0) is 10.3. The molecule has 1 aromatic heterocycles. The fourth-order valence-electron chi connectivity index (χ4n) is 1.52. The lowest BCUT2D eigenvalue weighted by Gasteiger charge is -1.90. The second kappa shape index (κ2) is 2.83. The summed E-state index contributed by atoms with van der Waals surface area (Å²) < 4.78 is 12.8. The Morgan fingerprint density at radius 1 is 1.50 bits per heavy atom. The van der Waals surface area contributed by atoms with Crippen molar-refractivity contribution in [1.29, 1.82) is 0 Å². The first-order valence-corrected chi connectivity index (χ1v) is 4.10. The lowest BCUT2D eigenvalue weighted by Crippen LogP contribution is -1.97. The summed E-state index contributed by atoms with van der Waals surface area (Å²) in [5.41, 5.74) is 1.26. The second-order valence-electron chi connectivity index (χ2n) is 3.12. The fraction of sp³-hybridized carbons (Fsp3) is 0.100. The molecule has 0 amide bonds. The molecule has 0 atom stereocenters. The van der Waals surface area contributed by atoms with Gasteiger partial charge < -0.3 is 10.1 Å². The maximum absolute atomic E-state index is 12.8. The molecule has 2 aromatic rings. The molecule has 0 radical (unpaired) electrons. The number of nitrogens with one attached hydrogen (secondary N) is 1. The number of H-pyrrole nitrogens is 1. The number of aromatic nitrogens is 1. The van der Waals surface area contributed by atoms with Gasteiger partial charge in [-0.15, -0.1) is 0 Å². The quantitative estimate of drug-likeness (QED) is 0.730. The van der Waals surface area contributed by atoms with E-state index in [2.05, 4.69) is 4.98 Å². The standard InChI is InChI=1S/C10H8FNO2/c1-5-7-3-2-6(11)4-8(7)12-9(5)10(13)14/h2-4,12H,1H3,(H,13,14). The molecule has 1 heterocycles. The van der Waals surface area contributed by atoms with Crippen LogP contribution in [0, 0.1) is 12.7 Å². The number of carbonyl (C=O) groups is 1. The smallest absolute Gasteiger partial charge is 0.352 e. The van der Waals surface area contributed by atoms with Crippen LogP contribution >= 0.6 is 0 Å². The Labute approximate surface area is 79.2 Å². The number of fused-ring (bicyclic) bond motifs is 1. The largest absolute Gasteiger partial charge is 0.477 e. The number of halogens is 1. The molecule has 2 N–H and O–H groups in total. The summed E-state index contributed by atoms with van der Waals surface area (Å²) in [6.45, 7) is 1.69. The molecule has 14 heavy (non-hydrogen) atoms. The molecule has 0 aliphatic carbocycles. The van der Waals surface area contributed by atoms with Gasteiger partial charge in [-0.1, -0.05) is 0 Å². The highest BCUT2D eigenvalue weighted by molar-refractivity contribution is 5.97. The van der Waals surface area contributed by atoms with E-state index in [1.54, 1.807) is 13.0 Å². The van der Waals surface area contributed by atoms with Crippen LogP contribution in [0.25, 0.3) is 10.9 Å². The van der Waals surface area contributed by atoms with E-state index in [0.717, 1.165) is 5.39 Å². The minimum absolute atomic E-state index is 0.116. The van der Waals surface area contributed by atoms with Gasteiger partial charge in [0.25, 0.3) is 0 Å². The Morgan fingerprint density at radius 2 is 2.21 bits per heavy atom. The molecule has 4 heteroatoms. The van der Waals surface area contributed by atoms with Gasteiger partial charge in [-0.05, 0) is 30.7 Å². The summed E-state index contributed by atoms with van der Waals surface area (Å²) in [5, 5.41) is 9.55. The highest BCUT2D eigenvalue weighted by Crippen LogP contribution is 2.22. The molecule has 0 aliphatic rings. The number of hydrogen-bond donors (Lipinski definition) is 2. The number of rotatable bonds is 1. The van der Waals surface area contributed by atoms with Gasteiger partial charge in [0.2, 0.25) is 0 Å². The van der Waals surface area contributed by atoms with Crippen molar-refractivity contribution in [2.24, 2.45) is 0 Å². The minimum Gasteiger partial charge on any atom is -0.477 e. The molecule has 72 valence electrons. The fourth-order valence-corrected chi connectivity index (χ4v) is 1.52. The van der Waals surface area contributed by atoms with E-state index >= 15 is 0 Å². The third kappa shape index (κ3) is 1.16. The molecule has 0 unspecified atom stereocenters. The van der Waals surface area contributed by atoms with Crippen molar-refractivity contribution in [3.05, 3.63) is 35.3 Å². The van der Waals surface area contributed by atoms with Crippen molar-refractivity contribution >= 4 is 16.9 Å². The molecule has 3 nitrogen and oxygen atoms in total. The average molecular weight is 193 g/mol. The average Bonchev–Trinajstić information content (AvgIpc) is 2.43. The van der Waals surface area contributed by atoms with Crippen molar-refractivity contribution < 1.29 is 14.3 Å². The summed E-state index contributed by atoms with van der Waals surface area (Å²) in [6, 6.07) is 4.17. The molecule has 2 rings (SSSR count). The Kier molecular flexibility index (Phi) is 1.77. The van der Waals surface area contributed by atoms with Crippen LogP contribution in [-0.4, -0.2) is 16.1 Å². The van der Waals surface area contributed by atoms with Crippen molar-refractivity contribution in [3.63, 3.8) is 0 Å². The van der Waals surface area contributed by atoms with Gasteiger partial charge in [-0.25, -0.2) is 9.18 Å². The van der Waals surface area contributed by atoms with Gasteiger partial charge in [0.15, 0.2) is 0 Å². The Hall–Kier alpha value is -1.84. The molecule has 0 spiro atoms. The Morgan fingerprint density at radius 3 is 2.86 bits per heavy atom. The summed E-state index contributed by atoms with van der Waals surface area (Å²) in [4.78, 5) is 13.4. The summed E-state index contributed by atoms with van der Waals surface area (Å²) >= 11 is 0. The zero-order valence-electron chi connectivity index (χ0n) is 7.47. The predicted octanol–water partition coefficient (Wildman–Crippen LogP) is 2.31. The lowest BCUT2D eigenvalue weighted by atomic mass is 10.1. The topological polar surface area (TPSA) is 53.1 Å². The number of aryl methyl sites for hydroxylation is 1. The van der Waals surface area contributed by atoms with E-state index in [1.165, 1.54) is 12.1 Å². The van der Waals surface area contributed by atoms with Crippen LogP contribution in [0.2, 0.25) is 0 Å². The van der Waals surface area contributed by atoms with Gasteiger partial charge in [0.05, 0.1) is 0 Å². The van der Waals surface area contributed by atoms with Crippen molar-refractivity contribution in [3.8, 4) is 0 Å². The van der Waals surface area contributed by atoms with E-state index in [0.29, 0.717) is 11.1 Å². The SMILES string of the molecule is Cc1c(C(=O)O)[nH]c2cc(F)ccc12. The number of aromatic carboxylic acids is 1. The number of hydrogen-bond acceptors (Lipinski definition) is 1. The Bertz CT molecular complexity index is 516. The Balaban J connectivity index is 2.79. The van der Waals surface area contributed by atoms with Crippen LogP contribution in [-0.2, 0) is 0 Å². The van der Waals surface area contributed by atoms with Crippen LogP contribution in [0.3, 0.4) is 0 Å². The van der Waals surface area contributed by atoms with E-state index in [4.69, 9.17) is 5.11 Å². The molecule has 0 saturated heterocycles. The predicted molar refractivity (Wildman–Crippen MR) is 50.0 cm³/mol. The number of benzene rings is 1. The molecule has 1 aromatic carbocycles. The molecule has 0 saturated carbocycles.